The third-order valence-electron chi connectivity index (χ3n) is 7.93. The molecule has 0 unspecified atom stereocenters. The lowest BCUT2D eigenvalue weighted by Crippen LogP contribution is -2.68. The Hall–Kier alpha value is -4.45. The minimum Gasteiger partial charge on any atom is -0.463 e. The normalized spacial score (nSPS) is 28.6. The lowest BCUT2D eigenvalue weighted by molar-refractivity contribution is -0.351. The predicted octanol–water partition coefficient (Wildman–Crippen LogP) is 1.48. The van der Waals surface area contributed by atoms with Gasteiger partial charge in [-0.2, -0.15) is 0 Å². The number of amides is 1. The summed E-state index contributed by atoms with van der Waals surface area (Å²) in [5.74, 6) is -3.67. The minimum atomic E-state index is -1.65. The molecule has 0 aliphatic carbocycles. The van der Waals surface area contributed by atoms with Gasteiger partial charge in [0, 0.05) is 34.6 Å². The second-order valence-electron chi connectivity index (χ2n) is 12.2. The average Bonchev–Trinajstić information content (AvgIpc) is 3.08. The summed E-state index contributed by atoms with van der Waals surface area (Å²) in [6.07, 6.45) is -12.7. The highest BCUT2D eigenvalue weighted by atomic mass is 16.8. The quantitative estimate of drug-likeness (QED) is 0.197. The van der Waals surface area contributed by atoms with Crippen LogP contribution in [0, 0.1) is 0 Å². The van der Waals surface area contributed by atoms with Gasteiger partial charge in [-0.15, -0.1) is 0 Å². The molecule has 2 fully saturated rings. The fraction of sp³-hybridized carbons (Fsp3) is 0.528. The van der Waals surface area contributed by atoms with E-state index in [-0.39, 0.29) is 19.8 Å². The molecule has 1 amide bonds. The second-order valence-corrected chi connectivity index (χ2v) is 12.2. The maximum Gasteiger partial charge on any atom is 0.303 e. The second kappa shape index (κ2) is 19.4. The van der Waals surface area contributed by atoms with Crippen molar-refractivity contribution in [2.45, 2.75) is 109 Å². The summed E-state index contributed by atoms with van der Waals surface area (Å²) < 4.78 is 52.6. The first-order valence-corrected chi connectivity index (χ1v) is 16.7. The highest BCUT2D eigenvalue weighted by molar-refractivity contribution is 5.73. The molecule has 2 aliphatic rings. The Morgan fingerprint density at radius 1 is 0.635 bits per heavy atom. The smallest absolute Gasteiger partial charge is 0.303 e. The zero-order chi connectivity index (χ0) is 37.8. The van der Waals surface area contributed by atoms with Gasteiger partial charge >= 0.3 is 23.9 Å². The molecule has 2 aromatic rings. The SMILES string of the molecule is CC(=O)N[C@H]1[C@H](OCc2ccccc2)O[C@H](COCc2ccccc2)[C@@H](O[C@H]2O[C@@H](COC(C)=O)[C@H](OC(C)=O)[C@@H](OC(C)=O)[C@@H]2OC(C)=O)[C@@H]1O. The molecule has 16 nitrogen and oxygen atoms in total. The monoisotopic (exact) mass is 731 g/mol. The molecule has 2 aromatic carbocycles. The van der Waals surface area contributed by atoms with Crippen LogP contribution in [0.1, 0.15) is 45.7 Å². The molecule has 0 radical (unpaired) electrons. The molecule has 16 heteroatoms. The van der Waals surface area contributed by atoms with Gasteiger partial charge in [0.25, 0.3) is 0 Å². The largest absolute Gasteiger partial charge is 0.463 e. The Kier molecular flexibility index (Phi) is 15.0. The fourth-order valence-electron chi connectivity index (χ4n) is 5.83. The van der Waals surface area contributed by atoms with E-state index in [1.807, 2.05) is 60.7 Å². The number of carbonyl (C=O) groups is 5. The summed E-state index contributed by atoms with van der Waals surface area (Å²) in [6.45, 7) is 5.26. The third-order valence-corrected chi connectivity index (χ3v) is 7.93. The number of aliphatic hydroxyl groups is 1. The lowest BCUT2D eigenvalue weighted by Gasteiger charge is -2.48. The van der Waals surface area contributed by atoms with E-state index < -0.39 is 97.7 Å². The van der Waals surface area contributed by atoms with Crippen LogP contribution in [0.25, 0.3) is 0 Å². The molecular weight excluding hydrogens is 686 g/mol. The van der Waals surface area contributed by atoms with Crippen molar-refractivity contribution in [2.24, 2.45) is 0 Å². The van der Waals surface area contributed by atoms with E-state index in [9.17, 15) is 29.1 Å². The number of benzene rings is 2. The van der Waals surface area contributed by atoms with Crippen molar-refractivity contribution in [3.8, 4) is 0 Å². The number of rotatable bonds is 15. The van der Waals surface area contributed by atoms with Crippen LogP contribution in [0.3, 0.4) is 0 Å². The standard InChI is InChI=1S/C36H45NO15/c1-20(38)37-29-30(43)31(27(18-44-16-25-12-8-6-9-13-25)50-35(29)46-17-26-14-10-7-11-15-26)52-36-34(49-24(5)42)33(48-23(4)41)32(47-22(3)40)28(51-36)19-45-21(2)39/h6-15,27-36,43H,16-19H2,1-5H3,(H,37,38)/t27-,28+,29-,30-,31-,32+,33-,34+,35-,36-/m1/s1. The Labute approximate surface area is 300 Å². The number of aliphatic hydroxyl groups excluding tert-OH is 1. The van der Waals surface area contributed by atoms with Crippen LogP contribution in [0.5, 0.6) is 0 Å². The van der Waals surface area contributed by atoms with Crippen LogP contribution in [-0.4, -0.2) is 109 Å². The lowest BCUT2D eigenvalue weighted by atomic mass is 9.95. The minimum absolute atomic E-state index is 0.0666. The van der Waals surface area contributed by atoms with Gasteiger partial charge in [0.1, 0.15) is 37.1 Å². The van der Waals surface area contributed by atoms with Crippen LogP contribution >= 0.6 is 0 Å². The van der Waals surface area contributed by atoms with Crippen molar-refractivity contribution in [2.75, 3.05) is 13.2 Å². The molecule has 2 N–H and O–H groups in total. The Morgan fingerprint density at radius 2 is 1.15 bits per heavy atom. The summed E-state index contributed by atoms with van der Waals surface area (Å²) in [5, 5.41) is 14.6. The van der Waals surface area contributed by atoms with Crippen LogP contribution in [0.15, 0.2) is 60.7 Å². The van der Waals surface area contributed by atoms with Gasteiger partial charge in [-0.25, -0.2) is 0 Å². The number of nitrogens with one attached hydrogen (secondary N) is 1. The molecule has 284 valence electrons. The highest BCUT2D eigenvalue weighted by Gasteiger charge is 2.56. The van der Waals surface area contributed by atoms with Crippen LogP contribution in [0.2, 0.25) is 0 Å². The molecular formula is C36H45NO15. The molecule has 10 atom stereocenters. The van der Waals surface area contributed by atoms with Crippen molar-refractivity contribution in [3.05, 3.63) is 71.8 Å². The Morgan fingerprint density at radius 3 is 1.71 bits per heavy atom. The van der Waals surface area contributed by atoms with Crippen LogP contribution in [-0.2, 0) is 79.8 Å². The molecule has 4 rings (SSSR count). The number of hydrogen-bond acceptors (Lipinski definition) is 15. The van der Waals surface area contributed by atoms with E-state index in [1.54, 1.807) is 0 Å². The zero-order valence-electron chi connectivity index (χ0n) is 29.5. The number of hydrogen-bond donors (Lipinski definition) is 2. The first-order valence-electron chi connectivity index (χ1n) is 16.7. The Balaban J connectivity index is 1.70. The summed E-state index contributed by atoms with van der Waals surface area (Å²) in [5.41, 5.74) is 1.65. The maximum atomic E-state index is 12.4. The third kappa shape index (κ3) is 11.8. The van der Waals surface area contributed by atoms with Gasteiger partial charge in [0.05, 0.1) is 19.8 Å². The molecule has 2 heterocycles. The topological polar surface area (TPSA) is 201 Å². The zero-order valence-corrected chi connectivity index (χ0v) is 29.5. The summed E-state index contributed by atoms with van der Waals surface area (Å²) in [6, 6.07) is 17.3. The van der Waals surface area contributed by atoms with Crippen LogP contribution < -0.4 is 5.32 Å². The summed E-state index contributed by atoms with van der Waals surface area (Å²) >= 11 is 0. The van der Waals surface area contributed by atoms with E-state index in [1.165, 1.54) is 6.92 Å². The van der Waals surface area contributed by atoms with Gasteiger partial charge in [-0.05, 0) is 11.1 Å². The van der Waals surface area contributed by atoms with Crippen molar-refractivity contribution in [1.82, 2.24) is 5.32 Å². The number of esters is 4. The molecule has 0 aromatic heterocycles. The predicted molar refractivity (Wildman–Crippen MR) is 176 cm³/mol. The van der Waals surface area contributed by atoms with E-state index in [4.69, 9.17) is 42.6 Å². The molecule has 0 spiro atoms. The molecule has 0 bridgehead atoms. The van der Waals surface area contributed by atoms with Gasteiger partial charge in [0.2, 0.25) is 5.91 Å². The van der Waals surface area contributed by atoms with Crippen molar-refractivity contribution in [1.29, 1.82) is 0 Å². The first kappa shape index (κ1) is 40.3. The molecule has 2 saturated heterocycles. The highest BCUT2D eigenvalue weighted by Crippen LogP contribution is 2.34. The van der Waals surface area contributed by atoms with Gasteiger partial charge in [-0.1, -0.05) is 60.7 Å². The summed E-state index contributed by atoms with van der Waals surface area (Å²) in [7, 11) is 0. The van der Waals surface area contributed by atoms with Crippen molar-refractivity contribution >= 4 is 29.8 Å². The van der Waals surface area contributed by atoms with Crippen molar-refractivity contribution in [3.63, 3.8) is 0 Å². The van der Waals surface area contributed by atoms with E-state index >= 15 is 0 Å². The fourth-order valence-corrected chi connectivity index (χ4v) is 5.83. The maximum absolute atomic E-state index is 12.4. The van der Waals surface area contributed by atoms with Crippen molar-refractivity contribution < 1.29 is 71.7 Å². The Bertz CT molecular complexity index is 1490. The number of ether oxygens (including phenoxy) is 9. The molecule has 0 saturated carbocycles. The number of carbonyl (C=O) groups excluding carboxylic acids is 5. The van der Waals surface area contributed by atoms with Gasteiger partial charge in [0.15, 0.2) is 30.9 Å². The van der Waals surface area contributed by atoms with Crippen LogP contribution in [0.4, 0.5) is 0 Å². The molecule has 2 aliphatic heterocycles. The first-order chi connectivity index (χ1) is 24.8. The summed E-state index contributed by atoms with van der Waals surface area (Å²) in [4.78, 5) is 61.1. The van der Waals surface area contributed by atoms with E-state index in [0.717, 1.165) is 38.8 Å². The van der Waals surface area contributed by atoms with E-state index in [0.29, 0.717) is 0 Å². The van der Waals surface area contributed by atoms with Gasteiger partial charge < -0.3 is 53.1 Å². The molecule has 52 heavy (non-hydrogen) atoms. The average molecular weight is 732 g/mol. The van der Waals surface area contributed by atoms with E-state index in [2.05, 4.69) is 5.32 Å². The van der Waals surface area contributed by atoms with Gasteiger partial charge in [-0.3, -0.25) is 24.0 Å².